The SMILES string of the molecule is C/C=C/C(c1ccc(N)cc1)c1ccc(N)cc1. The van der Waals surface area contributed by atoms with E-state index in [2.05, 4.69) is 36.4 Å². The smallest absolute Gasteiger partial charge is 0.0314 e. The van der Waals surface area contributed by atoms with Crippen molar-refractivity contribution in [2.45, 2.75) is 12.8 Å². The summed E-state index contributed by atoms with van der Waals surface area (Å²) in [5.41, 5.74) is 15.5. The Balaban J connectivity index is 2.39. The number of hydrogen-bond donors (Lipinski definition) is 2. The Labute approximate surface area is 108 Å². The van der Waals surface area contributed by atoms with E-state index in [0.29, 0.717) is 0 Å². The van der Waals surface area contributed by atoms with Gasteiger partial charge in [0.25, 0.3) is 0 Å². The lowest BCUT2D eigenvalue weighted by molar-refractivity contribution is 1.02. The number of nitrogen functional groups attached to an aromatic ring is 2. The Morgan fingerprint density at radius 3 is 1.50 bits per heavy atom. The molecule has 2 rings (SSSR count). The Morgan fingerprint density at radius 2 is 1.17 bits per heavy atom. The number of benzene rings is 2. The lowest BCUT2D eigenvalue weighted by atomic mass is 9.90. The van der Waals surface area contributed by atoms with E-state index in [-0.39, 0.29) is 5.92 Å². The van der Waals surface area contributed by atoms with E-state index in [0.717, 1.165) is 11.4 Å². The highest BCUT2D eigenvalue weighted by Gasteiger charge is 2.10. The van der Waals surface area contributed by atoms with Crippen LogP contribution in [0.1, 0.15) is 24.0 Å². The summed E-state index contributed by atoms with van der Waals surface area (Å²) in [6, 6.07) is 16.0. The molecule has 0 spiro atoms. The second-order valence-electron chi connectivity index (χ2n) is 4.34. The molecule has 0 aliphatic heterocycles. The maximum Gasteiger partial charge on any atom is 0.0314 e. The van der Waals surface area contributed by atoms with Crippen LogP contribution in [0.5, 0.6) is 0 Å². The third-order valence-corrected chi connectivity index (χ3v) is 2.98. The normalized spacial score (nSPS) is 11.2. The fraction of sp³-hybridized carbons (Fsp3) is 0.125. The molecule has 0 aliphatic rings. The van der Waals surface area contributed by atoms with Crippen molar-refractivity contribution in [3.8, 4) is 0 Å². The lowest BCUT2D eigenvalue weighted by Gasteiger charge is -2.14. The van der Waals surface area contributed by atoms with Gasteiger partial charge in [-0.25, -0.2) is 0 Å². The second kappa shape index (κ2) is 5.41. The second-order valence-corrected chi connectivity index (χ2v) is 4.34. The zero-order valence-corrected chi connectivity index (χ0v) is 10.5. The first-order chi connectivity index (χ1) is 8.70. The van der Waals surface area contributed by atoms with Crippen molar-refractivity contribution in [2.75, 3.05) is 11.5 Å². The molecule has 0 aliphatic carbocycles. The van der Waals surface area contributed by atoms with E-state index < -0.39 is 0 Å². The molecule has 0 radical (unpaired) electrons. The molecule has 0 saturated heterocycles. The lowest BCUT2D eigenvalue weighted by Crippen LogP contribution is -1.98. The van der Waals surface area contributed by atoms with Gasteiger partial charge < -0.3 is 11.5 Å². The third kappa shape index (κ3) is 2.72. The van der Waals surface area contributed by atoms with Crippen LogP contribution >= 0.6 is 0 Å². The maximum atomic E-state index is 5.72. The zero-order valence-electron chi connectivity index (χ0n) is 10.5. The van der Waals surface area contributed by atoms with Gasteiger partial charge in [0.1, 0.15) is 0 Å². The van der Waals surface area contributed by atoms with Crippen molar-refractivity contribution in [3.63, 3.8) is 0 Å². The fourth-order valence-electron chi connectivity index (χ4n) is 2.01. The van der Waals surface area contributed by atoms with E-state index in [1.165, 1.54) is 11.1 Å². The van der Waals surface area contributed by atoms with Gasteiger partial charge in [-0.05, 0) is 42.3 Å². The van der Waals surface area contributed by atoms with Crippen LogP contribution < -0.4 is 11.5 Å². The van der Waals surface area contributed by atoms with Crippen molar-refractivity contribution >= 4 is 11.4 Å². The number of allylic oxidation sites excluding steroid dienone is 2. The largest absolute Gasteiger partial charge is 0.399 e. The van der Waals surface area contributed by atoms with Gasteiger partial charge in [0, 0.05) is 17.3 Å². The first-order valence-electron chi connectivity index (χ1n) is 6.04. The first-order valence-corrected chi connectivity index (χ1v) is 6.04. The molecule has 0 fully saturated rings. The van der Waals surface area contributed by atoms with E-state index in [9.17, 15) is 0 Å². The van der Waals surface area contributed by atoms with Gasteiger partial charge >= 0.3 is 0 Å². The van der Waals surface area contributed by atoms with Crippen molar-refractivity contribution in [2.24, 2.45) is 0 Å². The Hall–Kier alpha value is -2.22. The monoisotopic (exact) mass is 238 g/mol. The van der Waals surface area contributed by atoms with E-state index in [1.54, 1.807) is 0 Å². The predicted molar refractivity (Wildman–Crippen MR) is 78.4 cm³/mol. The molecule has 0 amide bonds. The minimum atomic E-state index is 0.246. The molecule has 18 heavy (non-hydrogen) atoms. The van der Waals surface area contributed by atoms with Crippen molar-refractivity contribution in [1.82, 2.24) is 0 Å². The molecule has 0 saturated carbocycles. The van der Waals surface area contributed by atoms with Crippen LogP contribution in [0.25, 0.3) is 0 Å². The van der Waals surface area contributed by atoms with Gasteiger partial charge in [-0.2, -0.15) is 0 Å². The summed E-state index contributed by atoms with van der Waals surface area (Å²) in [4.78, 5) is 0. The van der Waals surface area contributed by atoms with Gasteiger partial charge in [0.15, 0.2) is 0 Å². The highest BCUT2D eigenvalue weighted by Crippen LogP contribution is 2.27. The molecule has 0 aromatic heterocycles. The summed E-state index contributed by atoms with van der Waals surface area (Å²) in [6.07, 6.45) is 4.24. The van der Waals surface area contributed by atoms with Crippen LogP contribution in [0, 0.1) is 0 Å². The van der Waals surface area contributed by atoms with Crippen molar-refractivity contribution in [1.29, 1.82) is 0 Å². The Morgan fingerprint density at radius 1 is 0.778 bits per heavy atom. The maximum absolute atomic E-state index is 5.72. The average Bonchev–Trinajstić information content (AvgIpc) is 2.39. The predicted octanol–water partition coefficient (Wildman–Crippen LogP) is 3.56. The van der Waals surface area contributed by atoms with E-state index in [1.807, 2.05) is 31.2 Å². The molecule has 0 atom stereocenters. The van der Waals surface area contributed by atoms with Gasteiger partial charge in [-0.1, -0.05) is 36.4 Å². The average molecular weight is 238 g/mol. The molecule has 2 aromatic carbocycles. The van der Waals surface area contributed by atoms with E-state index in [4.69, 9.17) is 11.5 Å². The van der Waals surface area contributed by atoms with Crippen LogP contribution in [0.4, 0.5) is 11.4 Å². The van der Waals surface area contributed by atoms with Gasteiger partial charge in [-0.3, -0.25) is 0 Å². The zero-order chi connectivity index (χ0) is 13.0. The molecule has 2 aromatic rings. The standard InChI is InChI=1S/C16H18N2/c1-2-3-16(12-4-8-14(17)9-5-12)13-6-10-15(18)11-7-13/h2-11,16H,17-18H2,1H3/b3-2+. The Bertz CT molecular complexity index is 479. The summed E-state index contributed by atoms with van der Waals surface area (Å²) in [7, 11) is 0. The highest BCUT2D eigenvalue weighted by molar-refractivity contribution is 5.47. The molecule has 0 unspecified atom stereocenters. The molecule has 2 heteroatoms. The van der Waals surface area contributed by atoms with Crippen molar-refractivity contribution < 1.29 is 0 Å². The molecule has 2 nitrogen and oxygen atoms in total. The fourth-order valence-corrected chi connectivity index (χ4v) is 2.01. The summed E-state index contributed by atoms with van der Waals surface area (Å²) in [6.45, 7) is 2.03. The number of rotatable bonds is 3. The van der Waals surface area contributed by atoms with Crippen molar-refractivity contribution in [3.05, 3.63) is 71.8 Å². The van der Waals surface area contributed by atoms with Gasteiger partial charge in [-0.15, -0.1) is 0 Å². The van der Waals surface area contributed by atoms with Crippen LogP contribution in [-0.2, 0) is 0 Å². The van der Waals surface area contributed by atoms with Crippen LogP contribution in [0.2, 0.25) is 0 Å². The van der Waals surface area contributed by atoms with E-state index >= 15 is 0 Å². The molecular weight excluding hydrogens is 220 g/mol. The molecule has 4 N–H and O–H groups in total. The summed E-state index contributed by atoms with van der Waals surface area (Å²) in [5, 5.41) is 0. The minimum Gasteiger partial charge on any atom is -0.399 e. The first kappa shape index (κ1) is 12.2. The third-order valence-electron chi connectivity index (χ3n) is 2.98. The summed E-state index contributed by atoms with van der Waals surface area (Å²) < 4.78 is 0. The Kier molecular flexibility index (Phi) is 3.68. The van der Waals surface area contributed by atoms with Crippen LogP contribution in [0.3, 0.4) is 0 Å². The molecule has 0 bridgehead atoms. The quantitative estimate of drug-likeness (QED) is 0.634. The highest BCUT2D eigenvalue weighted by atomic mass is 14.5. The van der Waals surface area contributed by atoms with Crippen LogP contribution in [-0.4, -0.2) is 0 Å². The number of nitrogens with two attached hydrogens (primary N) is 2. The minimum absolute atomic E-state index is 0.246. The van der Waals surface area contributed by atoms with Crippen LogP contribution in [0.15, 0.2) is 60.7 Å². The van der Waals surface area contributed by atoms with Gasteiger partial charge in [0.05, 0.1) is 0 Å². The number of anilines is 2. The summed E-state index contributed by atoms with van der Waals surface area (Å²) in [5.74, 6) is 0.246. The molecule has 0 heterocycles. The van der Waals surface area contributed by atoms with Gasteiger partial charge in [0.2, 0.25) is 0 Å². The molecule has 92 valence electrons. The number of hydrogen-bond acceptors (Lipinski definition) is 2. The summed E-state index contributed by atoms with van der Waals surface area (Å²) >= 11 is 0. The molecular formula is C16H18N2. The topological polar surface area (TPSA) is 52.0 Å².